The van der Waals surface area contributed by atoms with Crippen molar-refractivity contribution in [1.29, 1.82) is 0 Å². The van der Waals surface area contributed by atoms with Gasteiger partial charge in [0.05, 0.1) is 19.8 Å². The SMILES string of the molecule is OC[C@H]1O[C@@H]([C@]2(O)[C@H](O)[C@@H](CO)O[CH][C@@]2(O)[C@@H]2O[C@H](CO)[C@@H](O)[C@H](O)[C@H]2O)[C@H](O)[C@@H](O)[C@@H]1O. The summed E-state index contributed by atoms with van der Waals surface area (Å²) in [7, 11) is 0. The Balaban J connectivity index is 2.11. The lowest BCUT2D eigenvalue weighted by atomic mass is 9.64. The van der Waals surface area contributed by atoms with Crippen molar-refractivity contribution in [3.05, 3.63) is 6.61 Å². The normalized spacial score (nSPS) is 56.0. The Kier molecular flexibility index (Phi) is 8.02. The topological polar surface area (TPSA) is 270 Å². The van der Waals surface area contributed by atoms with Crippen LogP contribution in [-0.4, -0.2) is 166 Å². The molecule has 0 aromatic rings. The van der Waals surface area contributed by atoms with Crippen LogP contribution >= 0.6 is 0 Å². The summed E-state index contributed by atoms with van der Waals surface area (Å²) in [6.07, 6.45) is -23.6. The minimum absolute atomic E-state index is 0.453. The third-order valence-electron chi connectivity index (χ3n) is 6.70. The monoisotopic (exact) mass is 487 g/mol. The van der Waals surface area contributed by atoms with Crippen LogP contribution < -0.4 is 0 Å². The van der Waals surface area contributed by atoms with Gasteiger partial charge in [-0.25, -0.2) is 0 Å². The van der Waals surface area contributed by atoms with E-state index in [1.54, 1.807) is 0 Å². The molecule has 3 fully saturated rings. The molecule has 0 unspecified atom stereocenters. The highest BCUT2D eigenvalue weighted by Gasteiger charge is 2.73. The van der Waals surface area contributed by atoms with Crippen LogP contribution in [0.1, 0.15) is 0 Å². The van der Waals surface area contributed by atoms with E-state index in [0.29, 0.717) is 6.61 Å². The predicted octanol–water partition coefficient (Wildman–Crippen LogP) is -7.95. The van der Waals surface area contributed by atoms with Gasteiger partial charge in [-0.2, -0.15) is 0 Å². The third kappa shape index (κ3) is 4.00. The van der Waals surface area contributed by atoms with Crippen molar-refractivity contribution in [3.8, 4) is 0 Å². The zero-order chi connectivity index (χ0) is 24.9. The maximum absolute atomic E-state index is 11.7. The first-order chi connectivity index (χ1) is 15.4. The Morgan fingerprint density at radius 2 is 1.00 bits per heavy atom. The van der Waals surface area contributed by atoms with Gasteiger partial charge >= 0.3 is 0 Å². The van der Waals surface area contributed by atoms with Gasteiger partial charge < -0.3 is 75.5 Å². The van der Waals surface area contributed by atoms with Crippen molar-refractivity contribution < 1.29 is 75.5 Å². The standard InChI is InChI=1S/C18H31O15/c19-1-5-8(22)10(24)12(26)15(32-5)17(29)4-31-7(3-21)14(28)18(17,30)16-13(27)11(25)9(23)6(2-20)33-16/h4-16,19-30H,1-3H2/t5-,6-,7-,8-,9-,10+,11+,12-,13-,14-,15-,16-,17-,18-/m1/s1. The summed E-state index contributed by atoms with van der Waals surface area (Å²) >= 11 is 0. The smallest absolute Gasteiger partial charge is 0.156 e. The Morgan fingerprint density at radius 1 is 0.576 bits per heavy atom. The molecular weight excluding hydrogens is 456 g/mol. The van der Waals surface area contributed by atoms with Gasteiger partial charge in [-0.3, -0.25) is 0 Å². The van der Waals surface area contributed by atoms with Gasteiger partial charge in [0.1, 0.15) is 79.9 Å². The Labute approximate surface area is 187 Å². The molecule has 3 saturated heterocycles. The van der Waals surface area contributed by atoms with Crippen LogP contribution in [0.5, 0.6) is 0 Å². The van der Waals surface area contributed by atoms with E-state index < -0.39 is 104 Å². The molecule has 3 heterocycles. The van der Waals surface area contributed by atoms with E-state index in [0.717, 1.165) is 0 Å². The van der Waals surface area contributed by atoms with Crippen LogP contribution in [-0.2, 0) is 14.2 Å². The summed E-state index contributed by atoms with van der Waals surface area (Å²) in [5.41, 5.74) is -6.29. The van der Waals surface area contributed by atoms with E-state index in [1.165, 1.54) is 0 Å². The molecule has 33 heavy (non-hydrogen) atoms. The molecular formula is C18H31O15. The summed E-state index contributed by atoms with van der Waals surface area (Å²) in [5, 5.41) is 124. The molecule has 0 aliphatic carbocycles. The first-order valence-corrected chi connectivity index (χ1v) is 10.2. The molecule has 0 aromatic heterocycles. The van der Waals surface area contributed by atoms with Crippen LogP contribution in [0, 0.1) is 6.61 Å². The van der Waals surface area contributed by atoms with Crippen molar-refractivity contribution in [2.75, 3.05) is 19.8 Å². The summed E-state index contributed by atoms with van der Waals surface area (Å²) < 4.78 is 15.7. The van der Waals surface area contributed by atoms with Crippen molar-refractivity contribution >= 4 is 0 Å². The molecule has 3 aliphatic heterocycles. The molecule has 0 aromatic carbocycles. The minimum atomic E-state index is -3.19. The molecule has 0 bridgehead atoms. The molecule has 3 rings (SSSR count). The summed E-state index contributed by atoms with van der Waals surface area (Å²) in [6.45, 7) is -2.30. The Hall–Kier alpha value is -0.600. The number of hydrogen-bond donors (Lipinski definition) is 12. The van der Waals surface area contributed by atoms with E-state index in [4.69, 9.17) is 14.2 Å². The number of aliphatic hydroxyl groups excluding tert-OH is 10. The number of hydrogen-bond acceptors (Lipinski definition) is 15. The largest absolute Gasteiger partial charge is 0.394 e. The van der Waals surface area contributed by atoms with Gasteiger partial charge in [0.15, 0.2) is 11.2 Å². The zero-order valence-electron chi connectivity index (χ0n) is 17.2. The van der Waals surface area contributed by atoms with E-state index in [9.17, 15) is 61.3 Å². The molecule has 0 spiro atoms. The highest BCUT2D eigenvalue weighted by molar-refractivity contribution is 5.24. The van der Waals surface area contributed by atoms with Gasteiger partial charge in [-0.15, -0.1) is 0 Å². The highest BCUT2D eigenvalue weighted by atomic mass is 16.6. The average molecular weight is 487 g/mol. The fraction of sp³-hybridized carbons (Fsp3) is 0.944. The Bertz CT molecular complexity index is 665. The van der Waals surface area contributed by atoms with Crippen molar-refractivity contribution in [1.82, 2.24) is 0 Å². The number of rotatable bonds is 5. The quantitative estimate of drug-likeness (QED) is 0.172. The second kappa shape index (κ2) is 9.81. The third-order valence-corrected chi connectivity index (χ3v) is 6.70. The minimum Gasteiger partial charge on any atom is -0.394 e. The second-order valence-corrected chi connectivity index (χ2v) is 8.57. The second-order valence-electron chi connectivity index (χ2n) is 8.57. The van der Waals surface area contributed by atoms with Gasteiger partial charge in [0.2, 0.25) is 0 Å². The lowest BCUT2D eigenvalue weighted by Gasteiger charge is -2.60. The molecule has 193 valence electrons. The number of aliphatic hydroxyl groups is 12. The first kappa shape index (κ1) is 27.0. The van der Waals surface area contributed by atoms with Crippen LogP contribution in [0.2, 0.25) is 0 Å². The van der Waals surface area contributed by atoms with Crippen molar-refractivity contribution in [2.45, 2.75) is 84.4 Å². The molecule has 0 amide bonds. The highest BCUT2D eigenvalue weighted by Crippen LogP contribution is 2.48. The van der Waals surface area contributed by atoms with Crippen molar-refractivity contribution in [3.63, 3.8) is 0 Å². The van der Waals surface area contributed by atoms with E-state index in [1.807, 2.05) is 0 Å². The van der Waals surface area contributed by atoms with E-state index >= 15 is 0 Å². The maximum atomic E-state index is 11.7. The fourth-order valence-corrected chi connectivity index (χ4v) is 4.65. The predicted molar refractivity (Wildman–Crippen MR) is 99.7 cm³/mol. The van der Waals surface area contributed by atoms with Crippen LogP contribution in [0.4, 0.5) is 0 Å². The van der Waals surface area contributed by atoms with Gasteiger partial charge in [0.25, 0.3) is 0 Å². The van der Waals surface area contributed by atoms with Crippen molar-refractivity contribution in [2.24, 2.45) is 0 Å². The van der Waals surface area contributed by atoms with Crippen LogP contribution in [0.15, 0.2) is 0 Å². The lowest BCUT2D eigenvalue weighted by Crippen LogP contribution is -2.83. The van der Waals surface area contributed by atoms with Crippen LogP contribution in [0.25, 0.3) is 0 Å². The van der Waals surface area contributed by atoms with E-state index in [-0.39, 0.29) is 0 Å². The summed E-state index contributed by atoms with van der Waals surface area (Å²) in [6, 6.07) is 0. The average Bonchev–Trinajstić information content (AvgIpc) is 2.80. The molecule has 3 aliphatic rings. The van der Waals surface area contributed by atoms with Gasteiger partial charge in [0, 0.05) is 0 Å². The lowest BCUT2D eigenvalue weighted by molar-refractivity contribution is -0.379. The Morgan fingerprint density at radius 3 is 1.45 bits per heavy atom. The summed E-state index contributed by atoms with van der Waals surface area (Å²) in [5.74, 6) is 0. The molecule has 12 N–H and O–H groups in total. The van der Waals surface area contributed by atoms with E-state index in [2.05, 4.69) is 0 Å². The molecule has 1 radical (unpaired) electrons. The molecule has 14 atom stereocenters. The summed E-state index contributed by atoms with van der Waals surface area (Å²) in [4.78, 5) is 0. The fourth-order valence-electron chi connectivity index (χ4n) is 4.65. The molecule has 15 nitrogen and oxygen atoms in total. The maximum Gasteiger partial charge on any atom is 0.156 e. The van der Waals surface area contributed by atoms with Gasteiger partial charge in [-0.05, 0) is 0 Å². The number of ether oxygens (including phenoxy) is 3. The molecule has 15 heteroatoms. The van der Waals surface area contributed by atoms with Crippen LogP contribution in [0.3, 0.4) is 0 Å². The molecule has 0 saturated carbocycles. The first-order valence-electron chi connectivity index (χ1n) is 10.2. The zero-order valence-corrected chi connectivity index (χ0v) is 17.2. The van der Waals surface area contributed by atoms with Gasteiger partial charge in [-0.1, -0.05) is 0 Å².